The van der Waals surface area contributed by atoms with Crippen LogP contribution in [0.2, 0.25) is 0 Å². The number of carbonyl (C=O) groups is 1. The minimum atomic E-state index is -1.31. The number of aliphatic hydroxyl groups excluding tert-OH is 1. The number of hydrogen-bond acceptors (Lipinski definition) is 5. The van der Waals surface area contributed by atoms with Gasteiger partial charge in [-0.1, -0.05) is 30.3 Å². The number of halogens is 3. The fraction of sp³-hybridized carbons (Fsp3) is 0.467. The predicted octanol–water partition coefficient (Wildman–Crippen LogP) is 4.11. The van der Waals surface area contributed by atoms with E-state index in [1.165, 1.54) is 6.92 Å². The van der Waals surface area contributed by atoms with Crippen LogP contribution in [-0.2, 0) is 16.1 Å². The van der Waals surface area contributed by atoms with Gasteiger partial charge in [0.25, 0.3) is 5.91 Å². The standard InChI is InChI=1S/C30H35F3N4O3/c1-19(38)30(39)37(17-22-14-34-15-26(22)33)28(21-9-11-40-12-10-21)29-35-27(24-13-23(31)7-8-25(24)32)18-36(29)16-20-5-3-2-4-6-20/h2-8,13,18-19,21-22,26,28,34,38H,9-12,14-17H2,1H3/t19?,22-,26-,28?/m0/s1. The van der Waals surface area contributed by atoms with Crippen LogP contribution in [0.4, 0.5) is 13.2 Å². The third-order valence-corrected chi connectivity index (χ3v) is 7.85. The molecule has 4 atom stereocenters. The Kier molecular flexibility index (Phi) is 8.87. The van der Waals surface area contributed by atoms with E-state index in [0.717, 1.165) is 23.8 Å². The molecule has 3 aromatic rings. The molecule has 2 N–H and O–H groups in total. The molecule has 2 unspecified atom stereocenters. The normalized spacial score (nSPS) is 21.3. The first-order chi connectivity index (χ1) is 19.3. The zero-order chi connectivity index (χ0) is 28.2. The number of nitrogens with one attached hydrogen (secondary N) is 1. The lowest BCUT2D eigenvalue weighted by molar-refractivity contribution is -0.145. The minimum absolute atomic E-state index is 0.0102. The van der Waals surface area contributed by atoms with Gasteiger partial charge >= 0.3 is 0 Å². The highest BCUT2D eigenvalue weighted by Crippen LogP contribution is 2.38. The van der Waals surface area contributed by atoms with Gasteiger partial charge in [0.05, 0.1) is 11.7 Å². The van der Waals surface area contributed by atoms with E-state index in [1.807, 2.05) is 34.9 Å². The zero-order valence-corrected chi connectivity index (χ0v) is 22.5. The molecule has 0 spiro atoms. The van der Waals surface area contributed by atoms with E-state index in [9.17, 15) is 23.1 Å². The van der Waals surface area contributed by atoms with Crippen LogP contribution in [0.15, 0.2) is 54.7 Å². The first-order valence-electron chi connectivity index (χ1n) is 13.8. The van der Waals surface area contributed by atoms with Gasteiger partial charge in [-0.2, -0.15) is 0 Å². The Bertz CT molecular complexity index is 1300. The summed E-state index contributed by atoms with van der Waals surface area (Å²) in [5.41, 5.74) is 1.20. The highest BCUT2D eigenvalue weighted by molar-refractivity contribution is 5.80. The van der Waals surface area contributed by atoms with Gasteiger partial charge < -0.3 is 24.6 Å². The lowest BCUT2D eigenvalue weighted by atomic mass is 9.88. The maximum Gasteiger partial charge on any atom is 0.251 e. The highest BCUT2D eigenvalue weighted by Gasteiger charge is 2.41. The molecule has 214 valence electrons. The number of hydrogen-bond donors (Lipinski definition) is 2. The van der Waals surface area contributed by atoms with Crippen LogP contribution in [0.25, 0.3) is 11.3 Å². The third-order valence-electron chi connectivity index (χ3n) is 7.85. The number of alkyl halides is 1. The maximum absolute atomic E-state index is 14.9. The molecular weight excluding hydrogens is 521 g/mol. The number of aliphatic hydroxyl groups is 1. The van der Waals surface area contributed by atoms with Crippen LogP contribution in [0.1, 0.15) is 37.2 Å². The molecule has 10 heteroatoms. The summed E-state index contributed by atoms with van der Waals surface area (Å²) in [5.74, 6) is -1.82. The molecule has 5 rings (SSSR count). The second-order valence-electron chi connectivity index (χ2n) is 10.7. The van der Waals surface area contributed by atoms with Crippen LogP contribution < -0.4 is 5.32 Å². The SMILES string of the molecule is CC(O)C(=O)N(C[C@@H]1CNC[C@@H]1F)C(c1nc(-c2cc(F)ccc2F)cn1Cc1ccccc1)C1CCOCC1. The number of carbonyl (C=O) groups excluding carboxylic acids is 1. The van der Waals surface area contributed by atoms with Crippen molar-refractivity contribution in [1.29, 1.82) is 0 Å². The zero-order valence-electron chi connectivity index (χ0n) is 22.5. The van der Waals surface area contributed by atoms with Crippen molar-refractivity contribution in [2.24, 2.45) is 11.8 Å². The Morgan fingerprint density at radius 3 is 2.60 bits per heavy atom. The van der Waals surface area contributed by atoms with Gasteiger partial charge in [0.1, 0.15) is 29.7 Å². The number of amides is 1. The van der Waals surface area contributed by atoms with Crippen LogP contribution in [0.3, 0.4) is 0 Å². The number of imidazole rings is 1. The Labute approximate surface area is 232 Å². The lowest BCUT2D eigenvalue weighted by Crippen LogP contribution is -2.48. The summed E-state index contributed by atoms with van der Waals surface area (Å²) in [4.78, 5) is 20.0. The average Bonchev–Trinajstić information content (AvgIpc) is 3.56. The van der Waals surface area contributed by atoms with Crippen LogP contribution in [0, 0.1) is 23.5 Å². The molecule has 2 aromatic carbocycles. The van der Waals surface area contributed by atoms with E-state index in [2.05, 4.69) is 5.32 Å². The summed E-state index contributed by atoms with van der Waals surface area (Å²) < 4.78 is 51.4. The topological polar surface area (TPSA) is 79.6 Å². The molecule has 0 saturated carbocycles. The van der Waals surface area contributed by atoms with Gasteiger partial charge in [-0.25, -0.2) is 18.2 Å². The monoisotopic (exact) mass is 556 g/mol. The maximum atomic E-state index is 14.9. The number of benzene rings is 2. The Morgan fingerprint density at radius 1 is 1.18 bits per heavy atom. The second-order valence-corrected chi connectivity index (χ2v) is 10.7. The van der Waals surface area contributed by atoms with Crippen molar-refractivity contribution in [3.63, 3.8) is 0 Å². The molecule has 0 radical (unpaired) electrons. The molecule has 2 saturated heterocycles. The Hall–Kier alpha value is -3.21. The number of nitrogens with zero attached hydrogens (tertiary/aromatic N) is 3. The summed E-state index contributed by atoms with van der Waals surface area (Å²) in [6, 6.07) is 12.2. The first kappa shape index (κ1) is 28.3. The smallest absolute Gasteiger partial charge is 0.251 e. The van der Waals surface area contributed by atoms with E-state index < -0.39 is 41.8 Å². The van der Waals surface area contributed by atoms with E-state index >= 15 is 0 Å². The molecule has 40 heavy (non-hydrogen) atoms. The highest BCUT2D eigenvalue weighted by atomic mass is 19.1. The van der Waals surface area contributed by atoms with Crippen LogP contribution in [-0.4, -0.2) is 70.6 Å². The van der Waals surface area contributed by atoms with E-state index in [-0.39, 0.29) is 30.3 Å². The molecule has 3 heterocycles. The van der Waals surface area contributed by atoms with Crippen molar-refractivity contribution in [3.05, 3.63) is 77.8 Å². The quantitative estimate of drug-likeness (QED) is 0.415. The molecule has 7 nitrogen and oxygen atoms in total. The van der Waals surface area contributed by atoms with Gasteiger partial charge in [-0.15, -0.1) is 0 Å². The first-order valence-corrected chi connectivity index (χ1v) is 13.8. The minimum Gasteiger partial charge on any atom is -0.384 e. The number of rotatable bonds is 9. The van der Waals surface area contributed by atoms with Gasteiger partial charge in [-0.05, 0) is 49.4 Å². The van der Waals surface area contributed by atoms with Crippen molar-refractivity contribution < 1.29 is 27.8 Å². The summed E-state index contributed by atoms with van der Waals surface area (Å²) in [7, 11) is 0. The molecule has 1 amide bonds. The Morgan fingerprint density at radius 2 is 1.93 bits per heavy atom. The van der Waals surface area contributed by atoms with Gasteiger partial charge in [0.15, 0.2) is 0 Å². The Balaban J connectivity index is 1.65. The summed E-state index contributed by atoms with van der Waals surface area (Å²) in [5, 5.41) is 13.5. The lowest BCUT2D eigenvalue weighted by Gasteiger charge is -2.40. The fourth-order valence-electron chi connectivity index (χ4n) is 5.75. The van der Waals surface area contributed by atoms with E-state index in [1.54, 1.807) is 11.1 Å². The third kappa shape index (κ3) is 6.24. The average molecular weight is 557 g/mol. The van der Waals surface area contributed by atoms with Gasteiger partial charge in [-0.3, -0.25) is 4.79 Å². The van der Waals surface area contributed by atoms with Gasteiger partial charge in [0, 0.05) is 57.1 Å². The summed E-state index contributed by atoms with van der Waals surface area (Å²) in [6.07, 6.45) is 0.469. The van der Waals surface area contributed by atoms with Crippen molar-refractivity contribution in [2.45, 2.75) is 44.6 Å². The number of ether oxygens (including phenoxy) is 1. The van der Waals surface area contributed by atoms with E-state index in [0.29, 0.717) is 45.0 Å². The molecular formula is C30H35F3N4O3. The molecule has 0 aliphatic carbocycles. The summed E-state index contributed by atoms with van der Waals surface area (Å²) in [6.45, 7) is 3.44. The van der Waals surface area contributed by atoms with Crippen molar-refractivity contribution in [2.75, 3.05) is 32.8 Å². The largest absolute Gasteiger partial charge is 0.384 e. The van der Waals surface area contributed by atoms with Crippen LogP contribution >= 0.6 is 0 Å². The molecule has 0 bridgehead atoms. The molecule has 1 aromatic heterocycles. The van der Waals surface area contributed by atoms with Crippen molar-refractivity contribution in [1.82, 2.24) is 19.8 Å². The molecule has 2 fully saturated rings. The fourth-order valence-corrected chi connectivity index (χ4v) is 5.75. The summed E-state index contributed by atoms with van der Waals surface area (Å²) >= 11 is 0. The number of aromatic nitrogens is 2. The van der Waals surface area contributed by atoms with Crippen molar-refractivity contribution >= 4 is 5.91 Å². The second kappa shape index (κ2) is 12.5. The molecule has 2 aliphatic rings. The van der Waals surface area contributed by atoms with Crippen LogP contribution in [0.5, 0.6) is 0 Å². The van der Waals surface area contributed by atoms with Gasteiger partial charge in [0.2, 0.25) is 0 Å². The molecule has 2 aliphatic heterocycles. The predicted molar refractivity (Wildman–Crippen MR) is 144 cm³/mol. The van der Waals surface area contributed by atoms with Crippen molar-refractivity contribution in [3.8, 4) is 11.3 Å². The van der Waals surface area contributed by atoms with E-state index in [4.69, 9.17) is 9.72 Å².